The van der Waals surface area contributed by atoms with E-state index in [1.807, 2.05) is 0 Å². The van der Waals surface area contributed by atoms with Crippen LogP contribution in [-0.4, -0.2) is 5.97 Å². The van der Waals surface area contributed by atoms with Gasteiger partial charge in [-0.2, -0.15) is 0 Å². The number of rotatable bonds is 0. The molecule has 0 bridgehead atoms. The molecule has 1 aliphatic carbocycles. The molecule has 0 aromatic heterocycles. The number of hydrogen-bond donors (Lipinski definition) is 0. The van der Waals surface area contributed by atoms with Gasteiger partial charge in [0, 0.05) is 5.92 Å². The van der Waals surface area contributed by atoms with Gasteiger partial charge in [0.15, 0.2) is 0 Å². The lowest BCUT2D eigenvalue weighted by Gasteiger charge is -2.25. The van der Waals surface area contributed by atoms with Crippen LogP contribution in [0.2, 0.25) is 0 Å². The lowest BCUT2D eigenvalue weighted by atomic mass is 9.75. The smallest absolute Gasteiger partial charge is 0.314 e. The first kappa shape index (κ1) is 7.84. The van der Waals surface area contributed by atoms with Crippen LogP contribution in [0.1, 0.15) is 26.2 Å². The van der Waals surface area contributed by atoms with Crippen LogP contribution in [0.4, 0.5) is 0 Å². The van der Waals surface area contributed by atoms with E-state index in [4.69, 9.17) is 4.74 Å². The summed E-state index contributed by atoms with van der Waals surface area (Å²) in [4.78, 5) is 11.2. The molecule has 2 aliphatic rings. The highest BCUT2D eigenvalue weighted by Gasteiger charge is 2.42. The Balaban J connectivity index is 2.17. The Hall–Kier alpha value is -0.790. The van der Waals surface area contributed by atoms with E-state index in [1.54, 1.807) is 0 Å². The predicted octanol–water partition coefficient (Wildman–Crippen LogP) is 2.11. The maximum atomic E-state index is 11.2. The highest BCUT2D eigenvalue weighted by molar-refractivity contribution is 5.77. The van der Waals surface area contributed by atoms with E-state index in [0.29, 0.717) is 11.7 Å². The van der Waals surface area contributed by atoms with Gasteiger partial charge in [0.25, 0.3) is 0 Å². The van der Waals surface area contributed by atoms with Gasteiger partial charge in [0.2, 0.25) is 0 Å². The summed E-state index contributed by atoms with van der Waals surface area (Å²) < 4.78 is 5.02. The minimum Gasteiger partial charge on any atom is -0.431 e. The van der Waals surface area contributed by atoms with Crippen molar-refractivity contribution in [3.63, 3.8) is 0 Å². The van der Waals surface area contributed by atoms with Crippen molar-refractivity contribution in [3.05, 3.63) is 12.3 Å². The van der Waals surface area contributed by atoms with Gasteiger partial charge in [-0.05, 0) is 25.2 Å². The van der Waals surface area contributed by atoms with E-state index in [2.05, 4.69) is 13.5 Å². The maximum Gasteiger partial charge on any atom is 0.314 e. The van der Waals surface area contributed by atoms with Crippen molar-refractivity contribution < 1.29 is 9.53 Å². The fraction of sp³-hybridized carbons (Fsp3) is 0.700. The van der Waals surface area contributed by atoms with Crippen molar-refractivity contribution in [2.24, 2.45) is 17.8 Å². The minimum absolute atomic E-state index is 0.0445. The molecule has 2 fully saturated rings. The Morgan fingerprint density at radius 3 is 2.92 bits per heavy atom. The molecule has 12 heavy (non-hydrogen) atoms. The summed E-state index contributed by atoms with van der Waals surface area (Å²) in [7, 11) is 0. The SMILES string of the molecule is C=C1OC(=O)[C@H]2CC[C@@H](C)C[C@@H]12. The Morgan fingerprint density at radius 1 is 1.42 bits per heavy atom. The molecule has 2 nitrogen and oxygen atoms in total. The molecule has 1 aliphatic heterocycles. The van der Waals surface area contributed by atoms with Crippen molar-refractivity contribution in [2.45, 2.75) is 26.2 Å². The first-order valence-corrected chi connectivity index (χ1v) is 4.59. The summed E-state index contributed by atoms with van der Waals surface area (Å²) in [6.07, 6.45) is 3.22. The molecule has 66 valence electrons. The summed E-state index contributed by atoms with van der Waals surface area (Å²) in [5.74, 6) is 1.83. The van der Waals surface area contributed by atoms with Gasteiger partial charge in [-0.1, -0.05) is 13.5 Å². The van der Waals surface area contributed by atoms with Gasteiger partial charge < -0.3 is 4.74 Å². The van der Waals surface area contributed by atoms with Crippen LogP contribution in [0.15, 0.2) is 12.3 Å². The van der Waals surface area contributed by atoms with Crippen LogP contribution in [0.25, 0.3) is 0 Å². The van der Waals surface area contributed by atoms with Crippen molar-refractivity contribution in [1.82, 2.24) is 0 Å². The van der Waals surface area contributed by atoms with E-state index in [-0.39, 0.29) is 11.9 Å². The summed E-state index contributed by atoms with van der Waals surface area (Å²) in [5.41, 5.74) is 0. The average Bonchev–Trinajstić information content (AvgIpc) is 2.28. The van der Waals surface area contributed by atoms with Gasteiger partial charge in [-0.15, -0.1) is 0 Å². The number of carbonyl (C=O) groups is 1. The normalized spacial score (nSPS) is 40.9. The third-order valence-corrected chi connectivity index (χ3v) is 3.06. The molecule has 1 saturated heterocycles. The van der Waals surface area contributed by atoms with E-state index < -0.39 is 0 Å². The van der Waals surface area contributed by atoms with Gasteiger partial charge in [-0.25, -0.2) is 0 Å². The van der Waals surface area contributed by atoms with Crippen LogP contribution in [0.3, 0.4) is 0 Å². The summed E-state index contributed by atoms with van der Waals surface area (Å²) in [6.45, 7) is 6.01. The molecule has 0 aromatic carbocycles. The second-order valence-electron chi connectivity index (χ2n) is 4.02. The zero-order valence-corrected chi connectivity index (χ0v) is 7.38. The molecule has 2 heteroatoms. The van der Waals surface area contributed by atoms with Crippen molar-refractivity contribution in [2.75, 3.05) is 0 Å². The van der Waals surface area contributed by atoms with Crippen molar-refractivity contribution in [1.29, 1.82) is 0 Å². The molecule has 1 saturated carbocycles. The highest BCUT2D eigenvalue weighted by atomic mass is 16.5. The first-order chi connectivity index (χ1) is 5.68. The van der Waals surface area contributed by atoms with E-state index >= 15 is 0 Å². The molecule has 0 amide bonds. The van der Waals surface area contributed by atoms with Gasteiger partial charge in [0.05, 0.1) is 5.92 Å². The minimum atomic E-state index is -0.0445. The lowest BCUT2D eigenvalue weighted by molar-refractivity contribution is -0.139. The van der Waals surface area contributed by atoms with Crippen LogP contribution in [0.5, 0.6) is 0 Å². The molecular formula is C10H14O2. The molecule has 0 aromatic rings. The Morgan fingerprint density at radius 2 is 2.17 bits per heavy atom. The fourth-order valence-corrected chi connectivity index (χ4v) is 2.30. The fourth-order valence-electron chi connectivity index (χ4n) is 2.30. The second kappa shape index (κ2) is 2.61. The highest BCUT2D eigenvalue weighted by Crippen LogP contribution is 2.43. The third-order valence-electron chi connectivity index (χ3n) is 3.06. The molecule has 0 radical (unpaired) electrons. The average molecular weight is 166 g/mol. The lowest BCUT2D eigenvalue weighted by Crippen LogP contribution is -2.23. The molecule has 0 N–H and O–H groups in total. The number of esters is 1. The Kier molecular flexibility index (Phi) is 1.71. The first-order valence-electron chi connectivity index (χ1n) is 4.59. The van der Waals surface area contributed by atoms with Gasteiger partial charge in [0.1, 0.15) is 5.76 Å². The number of ether oxygens (including phenoxy) is 1. The Labute approximate surface area is 72.6 Å². The van der Waals surface area contributed by atoms with Crippen LogP contribution >= 0.6 is 0 Å². The van der Waals surface area contributed by atoms with Crippen LogP contribution in [0, 0.1) is 17.8 Å². The van der Waals surface area contributed by atoms with Crippen molar-refractivity contribution in [3.8, 4) is 0 Å². The topological polar surface area (TPSA) is 26.3 Å². The van der Waals surface area contributed by atoms with Crippen LogP contribution in [-0.2, 0) is 9.53 Å². The summed E-state index contributed by atoms with van der Waals surface area (Å²) in [6, 6.07) is 0. The van der Waals surface area contributed by atoms with E-state index in [0.717, 1.165) is 25.2 Å². The molecule has 0 unspecified atom stereocenters. The number of fused-ring (bicyclic) bond motifs is 1. The zero-order valence-electron chi connectivity index (χ0n) is 7.38. The molecule has 0 spiro atoms. The van der Waals surface area contributed by atoms with E-state index in [1.165, 1.54) is 0 Å². The molecule has 1 heterocycles. The monoisotopic (exact) mass is 166 g/mol. The number of cyclic esters (lactones) is 1. The number of allylic oxidation sites excluding steroid dienone is 1. The zero-order chi connectivity index (χ0) is 8.72. The quantitative estimate of drug-likeness (QED) is 0.515. The predicted molar refractivity (Wildman–Crippen MR) is 45.2 cm³/mol. The third kappa shape index (κ3) is 1.06. The maximum absolute atomic E-state index is 11.2. The van der Waals surface area contributed by atoms with E-state index in [9.17, 15) is 4.79 Å². The van der Waals surface area contributed by atoms with Gasteiger partial charge in [-0.3, -0.25) is 4.79 Å². The number of carbonyl (C=O) groups excluding carboxylic acids is 1. The van der Waals surface area contributed by atoms with Gasteiger partial charge >= 0.3 is 5.97 Å². The molecular weight excluding hydrogens is 152 g/mol. The standard InChI is InChI=1S/C10H14O2/c1-6-3-4-8-9(5-6)7(2)12-10(8)11/h6,8-9H,2-5H2,1H3/t6-,8+,9+/m1/s1. The summed E-state index contributed by atoms with van der Waals surface area (Å²) in [5, 5.41) is 0. The largest absolute Gasteiger partial charge is 0.431 e. The number of hydrogen-bond acceptors (Lipinski definition) is 2. The summed E-state index contributed by atoms with van der Waals surface area (Å²) >= 11 is 0. The van der Waals surface area contributed by atoms with Crippen LogP contribution < -0.4 is 0 Å². The van der Waals surface area contributed by atoms with Crippen molar-refractivity contribution >= 4 is 5.97 Å². The second-order valence-corrected chi connectivity index (χ2v) is 4.02. The Bertz CT molecular complexity index is 232. The molecule has 3 atom stereocenters. The molecule has 2 rings (SSSR count).